The number of allylic oxidation sites excluding steroid dienone is 4. The van der Waals surface area contributed by atoms with Gasteiger partial charge in [0.15, 0.2) is 0 Å². The minimum atomic E-state index is -0.269. The van der Waals surface area contributed by atoms with Gasteiger partial charge in [-0.25, -0.2) is 14.4 Å². The topological polar surface area (TPSA) is 86.7 Å². The van der Waals surface area contributed by atoms with E-state index in [1.54, 1.807) is 42.2 Å². The van der Waals surface area contributed by atoms with Gasteiger partial charge in [-0.15, -0.1) is 0 Å². The van der Waals surface area contributed by atoms with Gasteiger partial charge in [-0.2, -0.15) is 0 Å². The van der Waals surface area contributed by atoms with Gasteiger partial charge in [0.2, 0.25) is 5.95 Å². The Morgan fingerprint density at radius 2 is 1.87 bits per heavy atom. The molecule has 0 aliphatic heterocycles. The third kappa shape index (κ3) is 2.95. The van der Waals surface area contributed by atoms with Crippen LogP contribution in [-0.2, 0) is 0 Å². The number of nitrogens with two attached hydrogens (primary N) is 1. The van der Waals surface area contributed by atoms with Crippen molar-refractivity contribution in [3.63, 3.8) is 0 Å². The molecule has 1 aromatic carbocycles. The van der Waals surface area contributed by atoms with Crippen molar-refractivity contribution in [2.24, 2.45) is 0 Å². The molecule has 5 rings (SSSR count). The number of hydrogen-bond acceptors (Lipinski definition) is 5. The van der Waals surface area contributed by atoms with Gasteiger partial charge in [0, 0.05) is 41.0 Å². The van der Waals surface area contributed by atoms with E-state index in [0.29, 0.717) is 12.0 Å². The van der Waals surface area contributed by atoms with Crippen molar-refractivity contribution in [3.8, 4) is 11.1 Å². The van der Waals surface area contributed by atoms with Gasteiger partial charge in [0.1, 0.15) is 5.83 Å². The highest BCUT2D eigenvalue weighted by atomic mass is 19.1. The van der Waals surface area contributed by atoms with Crippen molar-refractivity contribution in [2.45, 2.75) is 19.4 Å². The fraction of sp³-hybridized carbons (Fsp3) is 0.130. The van der Waals surface area contributed by atoms with E-state index in [-0.39, 0.29) is 23.4 Å². The van der Waals surface area contributed by atoms with Gasteiger partial charge in [0.25, 0.3) is 5.56 Å². The van der Waals surface area contributed by atoms with Gasteiger partial charge in [-0.05, 0) is 48.8 Å². The molecule has 1 aliphatic rings. The number of aromatic nitrogens is 4. The molecule has 7 heteroatoms. The molecule has 30 heavy (non-hydrogen) atoms. The highest BCUT2D eigenvalue weighted by molar-refractivity contribution is 6.04. The Morgan fingerprint density at radius 1 is 1.07 bits per heavy atom. The smallest absolute Gasteiger partial charge is 0.251 e. The van der Waals surface area contributed by atoms with Gasteiger partial charge in [0.05, 0.1) is 17.1 Å². The summed E-state index contributed by atoms with van der Waals surface area (Å²) in [5, 5.41) is 1.68. The van der Waals surface area contributed by atoms with Crippen molar-refractivity contribution in [3.05, 3.63) is 82.8 Å². The molecule has 0 amide bonds. The zero-order valence-corrected chi connectivity index (χ0v) is 16.2. The van der Waals surface area contributed by atoms with Crippen molar-refractivity contribution in [1.29, 1.82) is 0 Å². The molecule has 1 unspecified atom stereocenters. The monoisotopic (exact) mass is 399 g/mol. The molecule has 3 heterocycles. The summed E-state index contributed by atoms with van der Waals surface area (Å²) >= 11 is 0. The van der Waals surface area contributed by atoms with E-state index in [0.717, 1.165) is 32.9 Å². The first-order valence-electron chi connectivity index (χ1n) is 9.56. The van der Waals surface area contributed by atoms with E-state index < -0.39 is 0 Å². The van der Waals surface area contributed by atoms with Crippen LogP contribution in [0.15, 0.2) is 77.3 Å². The summed E-state index contributed by atoms with van der Waals surface area (Å²) in [4.78, 5) is 25.6. The minimum Gasteiger partial charge on any atom is -0.368 e. The quantitative estimate of drug-likeness (QED) is 0.507. The average Bonchev–Trinajstić information content (AvgIpc) is 2.76. The molecule has 0 fully saturated rings. The molecular weight excluding hydrogens is 381 g/mol. The van der Waals surface area contributed by atoms with Crippen molar-refractivity contribution in [2.75, 3.05) is 5.73 Å². The van der Waals surface area contributed by atoms with Crippen molar-refractivity contribution >= 4 is 27.8 Å². The zero-order chi connectivity index (χ0) is 20.8. The van der Waals surface area contributed by atoms with Gasteiger partial charge < -0.3 is 10.3 Å². The van der Waals surface area contributed by atoms with Crippen LogP contribution in [0.5, 0.6) is 0 Å². The first-order chi connectivity index (χ1) is 14.5. The molecule has 2 N–H and O–H groups in total. The number of fused-ring (bicyclic) bond motifs is 3. The highest BCUT2D eigenvalue weighted by Gasteiger charge is 2.20. The summed E-state index contributed by atoms with van der Waals surface area (Å²) < 4.78 is 15.6. The molecule has 0 bridgehead atoms. The third-order valence-electron chi connectivity index (χ3n) is 5.48. The summed E-state index contributed by atoms with van der Waals surface area (Å²) in [7, 11) is 0. The lowest BCUT2D eigenvalue weighted by atomic mass is 9.99. The van der Waals surface area contributed by atoms with Gasteiger partial charge >= 0.3 is 0 Å². The molecule has 6 nitrogen and oxygen atoms in total. The number of benzene rings is 1. The highest BCUT2D eigenvalue weighted by Crippen LogP contribution is 2.33. The van der Waals surface area contributed by atoms with E-state index in [9.17, 15) is 9.18 Å². The van der Waals surface area contributed by atoms with Crippen LogP contribution in [0, 0.1) is 0 Å². The predicted molar refractivity (Wildman–Crippen MR) is 116 cm³/mol. The number of pyridine rings is 2. The Bertz CT molecular complexity index is 1420. The average molecular weight is 399 g/mol. The lowest BCUT2D eigenvalue weighted by Crippen LogP contribution is -2.24. The van der Waals surface area contributed by atoms with Crippen LogP contribution < -0.4 is 11.3 Å². The second-order valence-electron chi connectivity index (χ2n) is 7.42. The van der Waals surface area contributed by atoms with Gasteiger partial charge in [-0.3, -0.25) is 9.78 Å². The Morgan fingerprint density at radius 3 is 2.63 bits per heavy atom. The zero-order valence-electron chi connectivity index (χ0n) is 16.2. The summed E-state index contributed by atoms with van der Waals surface area (Å²) in [6.07, 6.45) is 8.71. The van der Waals surface area contributed by atoms with Crippen LogP contribution in [0.4, 0.5) is 10.3 Å². The second-order valence-corrected chi connectivity index (χ2v) is 7.42. The van der Waals surface area contributed by atoms with E-state index in [2.05, 4.69) is 15.0 Å². The first kappa shape index (κ1) is 18.2. The number of hydrogen-bond donors (Lipinski definition) is 1. The Balaban J connectivity index is 1.79. The number of nitrogens with zero attached hydrogens (tertiary/aromatic N) is 4. The number of halogens is 1. The Hall–Kier alpha value is -3.87. The van der Waals surface area contributed by atoms with E-state index in [1.165, 1.54) is 12.1 Å². The van der Waals surface area contributed by atoms with Crippen LogP contribution in [0.3, 0.4) is 0 Å². The summed E-state index contributed by atoms with van der Waals surface area (Å²) in [6, 6.07) is 8.86. The SMILES string of the molecule is CC1=C(F)C=CC(n2c(=O)ccc3cnc4ccc(-c5cnc(N)nc5)cc4c32)C1. The molecule has 0 spiro atoms. The molecule has 148 valence electrons. The molecule has 3 aromatic heterocycles. The van der Waals surface area contributed by atoms with Crippen LogP contribution in [-0.4, -0.2) is 19.5 Å². The fourth-order valence-corrected chi connectivity index (χ4v) is 3.93. The lowest BCUT2D eigenvalue weighted by molar-refractivity contribution is 0.555. The molecule has 0 radical (unpaired) electrons. The largest absolute Gasteiger partial charge is 0.368 e. The lowest BCUT2D eigenvalue weighted by Gasteiger charge is -2.23. The predicted octanol–water partition coefficient (Wildman–Crippen LogP) is 4.33. The first-order valence-corrected chi connectivity index (χ1v) is 9.56. The maximum absolute atomic E-state index is 13.9. The second kappa shape index (κ2) is 6.88. The fourth-order valence-electron chi connectivity index (χ4n) is 3.93. The van der Waals surface area contributed by atoms with Crippen LogP contribution in [0.25, 0.3) is 32.9 Å². The third-order valence-corrected chi connectivity index (χ3v) is 5.48. The Kier molecular flexibility index (Phi) is 4.17. The molecule has 1 aliphatic carbocycles. The standard InChI is InChI=1S/C23H18FN5O/c1-13-8-17(4-5-19(13)24)29-21(30)7-3-15-10-26-20-6-2-14(9-18(20)22(15)29)16-11-27-23(25)28-12-16/h2-7,9-12,17H,8H2,1H3,(H2,25,27,28). The number of anilines is 1. The summed E-state index contributed by atoms with van der Waals surface area (Å²) in [5.41, 5.74) is 9.33. The molecule has 4 aromatic rings. The number of rotatable bonds is 2. The summed E-state index contributed by atoms with van der Waals surface area (Å²) in [5.74, 6) is -0.0306. The molecule has 0 saturated carbocycles. The molecule has 1 atom stereocenters. The number of nitrogen functional groups attached to an aromatic ring is 1. The maximum Gasteiger partial charge on any atom is 0.251 e. The normalized spacial score (nSPS) is 16.5. The van der Waals surface area contributed by atoms with E-state index in [1.807, 2.05) is 18.2 Å². The van der Waals surface area contributed by atoms with Crippen LogP contribution >= 0.6 is 0 Å². The summed E-state index contributed by atoms with van der Waals surface area (Å²) in [6.45, 7) is 1.75. The van der Waals surface area contributed by atoms with Crippen molar-refractivity contribution in [1.82, 2.24) is 19.5 Å². The molecular formula is C23H18FN5O. The minimum absolute atomic E-state index is 0.138. The maximum atomic E-state index is 13.9. The van der Waals surface area contributed by atoms with Crippen LogP contribution in [0.2, 0.25) is 0 Å². The van der Waals surface area contributed by atoms with Gasteiger partial charge in [-0.1, -0.05) is 12.1 Å². The van der Waals surface area contributed by atoms with E-state index in [4.69, 9.17) is 5.73 Å². The van der Waals surface area contributed by atoms with Crippen LogP contribution in [0.1, 0.15) is 19.4 Å². The van der Waals surface area contributed by atoms with E-state index >= 15 is 0 Å². The molecule has 0 saturated heterocycles. The Labute approximate surface area is 171 Å². The van der Waals surface area contributed by atoms with Crippen molar-refractivity contribution < 1.29 is 4.39 Å².